The molecule has 26 heavy (non-hydrogen) atoms. The van der Waals surface area contributed by atoms with Gasteiger partial charge in [0, 0.05) is 26.1 Å². The molecule has 5 nitrogen and oxygen atoms in total. The van der Waals surface area contributed by atoms with E-state index in [2.05, 4.69) is 24.3 Å². The van der Waals surface area contributed by atoms with E-state index < -0.39 is 12.2 Å². The van der Waals surface area contributed by atoms with Crippen LogP contribution < -0.4 is 4.74 Å². The Kier molecular flexibility index (Phi) is 4.66. The molecule has 0 spiro atoms. The third kappa shape index (κ3) is 3.32. The Labute approximate surface area is 153 Å². The Hall–Kier alpha value is -2.37. The maximum Gasteiger partial charge on any atom is 0.258 e. The van der Waals surface area contributed by atoms with Crippen LogP contribution in [0.15, 0.2) is 42.5 Å². The zero-order valence-corrected chi connectivity index (χ0v) is 14.9. The van der Waals surface area contributed by atoms with Gasteiger partial charge in [0.1, 0.15) is 11.9 Å². The second kappa shape index (κ2) is 7.09. The van der Waals surface area contributed by atoms with E-state index in [4.69, 9.17) is 9.47 Å². The minimum Gasteiger partial charge on any atom is -0.484 e. The second-order valence-electron chi connectivity index (χ2n) is 7.02. The molecule has 1 amide bonds. The summed E-state index contributed by atoms with van der Waals surface area (Å²) < 4.78 is 11.4. The number of benzene rings is 2. The van der Waals surface area contributed by atoms with E-state index in [1.807, 2.05) is 24.0 Å². The van der Waals surface area contributed by atoms with Crippen LogP contribution in [0.4, 0.5) is 0 Å². The molecule has 0 saturated carbocycles. The van der Waals surface area contributed by atoms with E-state index in [1.165, 1.54) is 5.56 Å². The summed E-state index contributed by atoms with van der Waals surface area (Å²) >= 11 is 0. The molecule has 2 aromatic carbocycles. The number of aryl methyl sites for hydroxylation is 1. The van der Waals surface area contributed by atoms with Gasteiger partial charge in [0.15, 0.2) is 0 Å². The SMILES string of the molecule is Cc1ccc(CN2Cc3cccc(O[C@@H]4COCC[C@H]4O)c3C2=O)cc1. The van der Waals surface area contributed by atoms with Crippen LogP contribution in [0.25, 0.3) is 0 Å². The molecular formula is C21H23NO4. The highest BCUT2D eigenvalue weighted by atomic mass is 16.5. The highest BCUT2D eigenvalue weighted by molar-refractivity contribution is 6.01. The number of aliphatic hydroxyl groups excluding tert-OH is 1. The summed E-state index contributed by atoms with van der Waals surface area (Å²) in [4.78, 5) is 14.8. The molecular weight excluding hydrogens is 330 g/mol. The van der Waals surface area contributed by atoms with E-state index in [9.17, 15) is 9.90 Å². The fraction of sp³-hybridized carbons (Fsp3) is 0.381. The van der Waals surface area contributed by atoms with Crippen LogP contribution >= 0.6 is 0 Å². The second-order valence-corrected chi connectivity index (χ2v) is 7.02. The molecule has 2 heterocycles. The fourth-order valence-electron chi connectivity index (χ4n) is 3.50. The molecule has 1 saturated heterocycles. The lowest BCUT2D eigenvalue weighted by molar-refractivity contribution is -0.0736. The van der Waals surface area contributed by atoms with Crippen molar-refractivity contribution in [3.8, 4) is 5.75 Å². The summed E-state index contributed by atoms with van der Waals surface area (Å²) in [6.45, 7) is 4.07. The standard InChI is InChI=1S/C21H23NO4/c1-14-5-7-15(8-6-14)11-22-12-16-3-2-4-18(20(16)21(22)24)26-19-13-25-10-9-17(19)23/h2-8,17,19,23H,9-13H2,1H3/t17-,19-/m1/s1. The van der Waals surface area contributed by atoms with Crippen molar-refractivity contribution in [2.45, 2.75) is 38.6 Å². The van der Waals surface area contributed by atoms with Gasteiger partial charge in [-0.25, -0.2) is 0 Å². The third-order valence-corrected chi connectivity index (χ3v) is 5.02. The highest BCUT2D eigenvalue weighted by Crippen LogP contribution is 2.33. The van der Waals surface area contributed by atoms with Crippen LogP contribution in [0.5, 0.6) is 5.75 Å². The molecule has 4 rings (SSSR count). The molecule has 1 N–H and O–H groups in total. The Morgan fingerprint density at radius 3 is 2.81 bits per heavy atom. The zero-order chi connectivity index (χ0) is 18.1. The van der Waals surface area contributed by atoms with E-state index >= 15 is 0 Å². The van der Waals surface area contributed by atoms with Crippen LogP contribution in [0.2, 0.25) is 0 Å². The van der Waals surface area contributed by atoms with Crippen molar-refractivity contribution in [2.24, 2.45) is 0 Å². The number of hydrogen-bond donors (Lipinski definition) is 1. The van der Waals surface area contributed by atoms with Gasteiger partial charge in [-0.2, -0.15) is 0 Å². The number of carbonyl (C=O) groups is 1. The predicted molar refractivity (Wildman–Crippen MR) is 97.1 cm³/mol. The van der Waals surface area contributed by atoms with Crippen molar-refractivity contribution < 1.29 is 19.4 Å². The van der Waals surface area contributed by atoms with Crippen LogP contribution in [-0.4, -0.2) is 41.3 Å². The van der Waals surface area contributed by atoms with Crippen LogP contribution in [-0.2, 0) is 17.8 Å². The average molecular weight is 353 g/mol. The summed E-state index contributed by atoms with van der Waals surface area (Å²) in [5, 5.41) is 10.1. The van der Waals surface area contributed by atoms with Crippen LogP contribution in [0, 0.1) is 6.92 Å². The lowest BCUT2D eigenvalue weighted by atomic mass is 10.1. The number of aliphatic hydroxyl groups is 1. The van der Waals surface area contributed by atoms with Gasteiger partial charge in [0.25, 0.3) is 5.91 Å². The first-order chi connectivity index (χ1) is 12.6. The maximum absolute atomic E-state index is 13.0. The van der Waals surface area contributed by atoms with Gasteiger partial charge in [0.2, 0.25) is 0 Å². The molecule has 5 heteroatoms. The van der Waals surface area contributed by atoms with Gasteiger partial charge in [-0.3, -0.25) is 4.79 Å². The summed E-state index contributed by atoms with van der Waals surface area (Å²) in [6, 6.07) is 13.9. The molecule has 0 bridgehead atoms. The monoisotopic (exact) mass is 353 g/mol. The van der Waals surface area contributed by atoms with Crippen molar-refractivity contribution in [3.63, 3.8) is 0 Å². The van der Waals surface area contributed by atoms with Gasteiger partial charge in [0.05, 0.1) is 18.3 Å². The zero-order valence-electron chi connectivity index (χ0n) is 14.9. The van der Waals surface area contributed by atoms with Crippen molar-refractivity contribution in [1.29, 1.82) is 0 Å². The first kappa shape index (κ1) is 17.1. The number of amides is 1. The Balaban J connectivity index is 1.53. The van der Waals surface area contributed by atoms with E-state index in [1.54, 1.807) is 6.07 Å². The molecule has 2 atom stereocenters. The molecule has 2 aliphatic heterocycles. The number of carbonyl (C=O) groups excluding carboxylic acids is 1. The predicted octanol–water partition coefficient (Wildman–Crippen LogP) is 2.68. The van der Waals surface area contributed by atoms with Crippen molar-refractivity contribution in [2.75, 3.05) is 13.2 Å². The molecule has 0 unspecified atom stereocenters. The highest BCUT2D eigenvalue weighted by Gasteiger charge is 2.33. The number of rotatable bonds is 4. The average Bonchev–Trinajstić information content (AvgIpc) is 2.96. The first-order valence-electron chi connectivity index (χ1n) is 9.01. The van der Waals surface area contributed by atoms with Gasteiger partial charge in [-0.05, 0) is 24.1 Å². The summed E-state index contributed by atoms with van der Waals surface area (Å²) in [6.07, 6.45) is -0.457. The molecule has 2 aliphatic rings. The number of hydrogen-bond acceptors (Lipinski definition) is 4. The molecule has 136 valence electrons. The molecule has 0 aromatic heterocycles. The third-order valence-electron chi connectivity index (χ3n) is 5.02. The topological polar surface area (TPSA) is 59.0 Å². The maximum atomic E-state index is 13.0. The fourth-order valence-corrected chi connectivity index (χ4v) is 3.50. The number of ether oxygens (including phenoxy) is 2. The Morgan fingerprint density at radius 1 is 1.23 bits per heavy atom. The smallest absolute Gasteiger partial charge is 0.258 e. The molecule has 1 fully saturated rings. The van der Waals surface area contributed by atoms with E-state index in [-0.39, 0.29) is 5.91 Å². The van der Waals surface area contributed by atoms with Gasteiger partial charge in [-0.15, -0.1) is 0 Å². The first-order valence-corrected chi connectivity index (χ1v) is 9.01. The van der Waals surface area contributed by atoms with Crippen LogP contribution in [0.3, 0.4) is 0 Å². The van der Waals surface area contributed by atoms with Crippen molar-refractivity contribution >= 4 is 5.91 Å². The molecule has 0 radical (unpaired) electrons. The van der Waals surface area contributed by atoms with Crippen molar-refractivity contribution in [1.82, 2.24) is 4.90 Å². The molecule has 0 aliphatic carbocycles. The molecule has 2 aromatic rings. The summed E-state index contributed by atoms with van der Waals surface area (Å²) in [7, 11) is 0. The van der Waals surface area contributed by atoms with Crippen LogP contribution in [0.1, 0.15) is 33.5 Å². The lowest BCUT2D eigenvalue weighted by Crippen LogP contribution is -2.41. The Morgan fingerprint density at radius 2 is 2.04 bits per heavy atom. The number of fused-ring (bicyclic) bond motifs is 1. The van der Waals surface area contributed by atoms with Gasteiger partial charge in [-0.1, -0.05) is 42.0 Å². The van der Waals surface area contributed by atoms with Gasteiger partial charge >= 0.3 is 0 Å². The lowest BCUT2D eigenvalue weighted by Gasteiger charge is -2.28. The normalized spacial score (nSPS) is 22.4. The van der Waals surface area contributed by atoms with Gasteiger partial charge < -0.3 is 19.5 Å². The Bertz CT molecular complexity index is 802. The summed E-state index contributed by atoms with van der Waals surface area (Å²) in [5.41, 5.74) is 3.88. The van der Waals surface area contributed by atoms with Crippen molar-refractivity contribution in [3.05, 3.63) is 64.7 Å². The summed E-state index contributed by atoms with van der Waals surface area (Å²) in [5.74, 6) is 0.510. The quantitative estimate of drug-likeness (QED) is 0.918. The minimum absolute atomic E-state index is 0.0256. The van der Waals surface area contributed by atoms with E-state index in [0.717, 1.165) is 11.1 Å². The number of nitrogens with zero attached hydrogens (tertiary/aromatic N) is 1. The minimum atomic E-state index is -0.570. The van der Waals surface area contributed by atoms with E-state index in [0.29, 0.717) is 44.0 Å². The largest absolute Gasteiger partial charge is 0.484 e.